The highest BCUT2D eigenvalue weighted by Gasteiger charge is 2.30. The Hall–Kier alpha value is -3.90. The van der Waals surface area contributed by atoms with E-state index in [0.717, 1.165) is 65.5 Å². The minimum absolute atomic E-state index is 0.0533. The molecule has 6 rings (SSSR count). The molecule has 8 heteroatoms. The van der Waals surface area contributed by atoms with Gasteiger partial charge in [-0.25, -0.2) is 0 Å². The Balaban J connectivity index is 1.21. The Bertz CT molecular complexity index is 1590. The third-order valence-electron chi connectivity index (χ3n) is 7.38. The summed E-state index contributed by atoms with van der Waals surface area (Å²) in [6.45, 7) is 2.49. The Morgan fingerprint density at radius 2 is 1.76 bits per heavy atom. The Morgan fingerprint density at radius 1 is 1.00 bits per heavy atom. The van der Waals surface area contributed by atoms with E-state index in [-0.39, 0.29) is 17.7 Å². The maximum Gasteiger partial charge on any atom is 0.243 e. The van der Waals surface area contributed by atoms with Gasteiger partial charge in [-0.15, -0.1) is 23.1 Å². The molecule has 1 unspecified atom stereocenters. The number of thioether (sulfide) groups is 1. The van der Waals surface area contributed by atoms with Crippen LogP contribution in [0.25, 0.3) is 0 Å². The number of carbonyl (C=O) groups excluding carboxylic acids is 2. The van der Waals surface area contributed by atoms with E-state index in [1.54, 1.807) is 0 Å². The van der Waals surface area contributed by atoms with Crippen molar-refractivity contribution in [1.82, 2.24) is 4.90 Å². The molecule has 3 aromatic carbocycles. The number of nitrogens with one attached hydrogen (secondary N) is 2. The number of anilines is 2. The van der Waals surface area contributed by atoms with Crippen LogP contribution in [-0.2, 0) is 29.1 Å². The molecule has 1 aliphatic heterocycles. The fraction of sp³-hybridized carbons (Fsp3) is 0.242. The average Bonchev–Trinajstić information content (AvgIpc) is 3.79. The lowest BCUT2D eigenvalue weighted by molar-refractivity contribution is -0.117. The fourth-order valence-electron chi connectivity index (χ4n) is 5.09. The first-order chi connectivity index (χ1) is 20.1. The minimum atomic E-state index is -0.536. The Labute approximate surface area is 248 Å². The third kappa shape index (κ3) is 6.54. The smallest absolute Gasteiger partial charge is 0.243 e. The first-order valence-corrected chi connectivity index (χ1v) is 15.5. The van der Waals surface area contributed by atoms with E-state index in [0.29, 0.717) is 10.6 Å². The van der Waals surface area contributed by atoms with Crippen LogP contribution in [0.5, 0.6) is 0 Å². The summed E-state index contributed by atoms with van der Waals surface area (Å²) in [7, 11) is 0. The highest BCUT2D eigenvalue weighted by atomic mass is 32.2. The number of nitrogens with zero attached hydrogens (tertiary/aromatic N) is 2. The molecule has 6 nitrogen and oxygen atoms in total. The van der Waals surface area contributed by atoms with Gasteiger partial charge in [0.1, 0.15) is 16.3 Å². The van der Waals surface area contributed by atoms with Crippen LogP contribution >= 0.6 is 23.1 Å². The first-order valence-electron chi connectivity index (χ1n) is 13.8. The molecule has 2 aliphatic rings. The molecule has 1 atom stereocenters. The quantitative estimate of drug-likeness (QED) is 0.209. The van der Waals surface area contributed by atoms with Crippen molar-refractivity contribution in [2.45, 2.75) is 42.5 Å². The van der Waals surface area contributed by atoms with Crippen molar-refractivity contribution in [1.29, 1.82) is 5.26 Å². The summed E-state index contributed by atoms with van der Waals surface area (Å²) in [5.74, 6) is -0.00656. The predicted octanol–water partition coefficient (Wildman–Crippen LogP) is 7.00. The highest BCUT2D eigenvalue weighted by Crippen LogP contribution is 2.41. The van der Waals surface area contributed by atoms with E-state index >= 15 is 0 Å². The lowest BCUT2D eigenvalue weighted by atomic mass is 10.0. The van der Waals surface area contributed by atoms with Crippen LogP contribution in [0, 0.1) is 17.2 Å². The second kappa shape index (κ2) is 12.3. The molecule has 0 saturated heterocycles. The number of fused-ring (bicyclic) bond motifs is 1. The Kier molecular flexibility index (Phi) is 8.19. The van der Waals surface area contributed by atoms with Crippen LogP contribution in [-0.4, -0.2) is 23.3 Å². The van der Waals surface area contributed by atoms with Gasteiger partial charge in [0.2, 0.25) is 11.8 Å². The zero-order chi connectivity index (χ0) is 28.2. The SMILES string of the molecule is N#Cc1c(NC(=O)C(Sc2cccc(NC(=O)C3CC3)c2)c2ccccc2)sc2c1CCN(Cc1ccccc1)C2. The van der Waals surface area contributed by atoms with Gasteiger partial charge in [-0.2, -0.15) is 5.26 Å². The largest absolute Gasteiger partial charge is 0.326 e. The number of carbonyl (C=O) groups is 2. The maximum atomic E-state index is 13.8. The zero-order valence-electron chi connectivity index (χ0n) is 22.5. The van der Waals surface area contributed by atoms with Gasteiger partial charge in [0.05, 0.1) is 5.56 Å². The van der Waals surface area contributed by atoms with Crippen molar-refractivity contribution >= 4 is 45.6 Å². The monoisotopic (exact) mass is 578 g/mol. The van der Waals surface area contributed by atoms with Gasteiger partial charge in [0.15, 0.2) is 0 Å². The van der Waals surface area contributed by atoms with Gasteiger partial charge in [0, 0.05) is 41.0 Å². The number of thiophene rings is 1. The van der Waals surface area contributed by atoms with Crippen LogP contribution < -0.4 is 10.6 Å². The summed E-state index contributed by atoms with van der Waals surface area (Å²) in [6, 6.07) is 30.1. The van der Waals surface area contributed by atoms with Crippen LogP contribution in [0.15, 0.2) is 89.8 Å². The first kappa shape index (κ1) is 27.3. The minimum Gasteiger partial charge on any atom is -0.326 e. The number of hydrogen-bond donors (Lipinski definition) is 2. The number of amides is 2. The summed E-state index contributed by atoms with van der Waals surface area (Å²) in [4.78, 5) is 30.5. The van der Waals surface area contributed by atoms with Crippen molar-refractivity contribution in [3.63, 3.8) is 0 Å². The lowest BCUT2D eigenvalue weighted by Gasteiger charge is -2.26. The van der Waals surface area contributed by atoms with Crippen LogP contribution in [0.1, 0.15) is 45.2 Å². The van der Waals surface area contributed by atoms with Gasteiger partial charge in [-0.3, -0.25) is 14.5 Å². The molecule has 0 bridgehead atoms. The number of rotatable bonds is 9. The number of nitriles is 1. The molecule has 1 fully saturated rings. The van der Waals surface area contributed by atoms with Crippen LogP contribution in [0.3, 0.4) is 0 Å². The van der Waals surface area contributed by atoms with Crippen molar-refractivity contribution in [2.24, 2.45) is 5.92 Å². The summed E-state index contributed by atoms with van der Waals surface area (Å²) in [5.41, 5.74) is 4.51. The number of hydrogen-bond acceptors (Lipinski definition) is 6. The summed E-state index contributed by atoms with van der Waals surface area (Å²) >= 11 is 2.95. The molecule has 2 amide bonds. The van der Waals surface area contributed by atoms with E-state index in [9.17, 15) is 14.9 Å². The van der Waals surface area contributed by atoms with Crippen molar-refractivity contribution < 1.29 is 9.59 Å². The molecule has 206 valence electrons. The summed E-state index contributed by atoms with van der Waals surface area (Å²) in [5, 5.41) is 16.3. The molecule has 41 heavy (non-hydrogen) atoms. The van der Waals surface area contributed by atoms with E-state index < -0.39 is 5.25 Å². The molecule has 4 aromatic rings. The molecule has 2 heterocycles. The van der Waals surface area contributed by atoms with Gasteiger partial charge in [0.25, 0.3) is 0 Å². The fourth-order valence-corrected chi connectivity index (χ4v) is 7.42. The average molecular weight is 579 g/mol. The standard InChI is InChI=1S/C33H30N4O2S2/c34-19-28-27-16-17-37(20-22-8-3-1-4-9-22)21-29(27)41-33(28)36-32(39)30(23-10-5-2-6-11-23)40-26-13-7-12-25(18-26)35-31(38)24-14-15-24/h1-13,18,24,30H,14-17,20-21H2,(H,35,38)(H,36,39). The summed E-state index contributed by atoms with van der Waals surface area (Å²) < 4.78 is 0. The maximum absolute atomic E-state index is 13.8. The predicted molar refractivity (Wildman–Crippen MR) is 165 cm³/mol. The van der Waals surface area contributed by atoms with Gasteiger partial charge in [-0.1, -0.05) is 66.7 Å². The zero-order valence-corrected chi connectivity index (χ0v) is 24.1. The summed E-state index contributed by atoms with van der Waals surface area (Å²) in [6.07, 6.45) is 2.67. The van der Waals surface area contributed by atoms with Crippen LogP contribution in [0.2, 0.25) is 0 Å². The van der Waals surface area contributed by atoms with E-state index in [2.05, 4.69) is 45.9 Å². The number of benzene rings is 3. The van der Waals surface area contributed by atoms with Crippen molar-refractivity contribution in [2.75, 3.05) is 17.2 Å². The molecule has 0 spiro atoms. The molecule has 1 aromatic heterocycles. The normalized spacial score (nSPS) is 15.4. The third-order valence-corrected chi connectivity index (χ3v) is 9.76. The Morgan fingerprint density at radius 3 is 2.49 bits per heavy atom. The van der Waals surface area contributed by atoms with Crippen molar-refractivity contribution in [3.05, 3.63) is 112 Å². The highest BCUT2D eigenvalue weighted by molar-refractivity contribution is 8.00. The topological polar surface area (TPSA) is 85.2 Å². The molecular weight excluding hydrogens is 549 g/mol. The molecular formula is C33H30N4O2S2. The molecule has 1 aliphatic carbocycles. The molecule has 0 radical (unpaired) electrons. The molecule has 1 saturated carbocycles. The lowest BCUT2D eigenvalue weighted by Crippen LogP contribution is -2.29. The van der Waals surface area contributed by atoms with Gasteiger partial charge >= 0.3 is 0 Å². The van der Waals surface area contributed by atoms with E-state index in [4.69, 9.17) is 0 Å². The van der Waals surface area contributed by atoms with Crippen LogP contribution in [0.4, 0.5) is 10.7 Å². The van der Waals surface area contributed by atoms with E-state index in [1.165, 1.54) is 28.7 Å². The molecule has 2 N–H and O–H groups in total. The van der Waals surface area contributed by atoms with E-state index in [1.807, 2.05) is 60.7 Å². The second-order valence-corrected chi connectivity index (χ2v) is 12.7. The van der Waals surface area contributed by atoms with Gasteiger partial charge in [-0.05, 0) is 54.2 Å². The second-order valence-electron chi connectivity index (χ2n) is 10.5. The van der Waals surface area contributed by atoms with Gasteiger partial charge < -0.3 is 10.6 Å². The van der Waals surface area contributed by atoms with Crippen molar-refractivity contribution in [3.8, 4) is 6.07 Å².